The van der Waals surface area contributed by atoms with Gasteiger partial charge < -0.3 is 10.6 Å². The van der Waals surface area contributed by atoms with Crippen LogP contribution < -0.4 is 10.6 Å². The number of amides is 2. The van der Waals surface area contributed by atoms with E-state index in [9.17, 15) is 9.59 Å². The Morgan fingerprint density at radius 2 is 0.909 bits per heavy atom. The van der Waals surface area contributed by atoms with Crippen LogP contribution in [0.4, 0.5) is 11.4 Å². The van der Waals surface area contributed by atoms with Gasteiger partial charge in [0, 0.05) is 11.4 Å². The molecule has 8 aliphatic rings. The third-order valence-electron chi connectivity index (χ3n) is 10.6. The van der Waals surface area contributed by atoms with Crippen LogP contribution in [0.5, 0.6) is 0 Å². The minimum atomic E-state index is -0.152. The summed E-state index contributed by atoms with van der Waals surface area (Å²) < 4.78 is 0. The average molecular weight is 447 g/mol. The van der Waals surface area contributed by atoms with Gasteiger partial charge in [-0.2, -0.15) is 0 Å². The normalized spacial score (nSPS) is 44.2. The van der Waals surface area contributed by atoms with Crippen LogP contribution in [0.25, 0.3) is 0 Å². The Labute approximate surface area is 197 Å². The predicted octanol–water partition coefficient (Wildman–Crippen LogP) is 6.30. The van der Waals surface area contributed by atoms with Gasteiger partial charge in [0.2, 0.25) is 11.8 Å². The third kappa shape index (κ3) is 3.38. The third-order valence-corrected chi connectivity index (χ3v) is 10.6. The number of hydrogen-bond acceptors (Lipinski definition) is 2. The first-order valence-electron chi connectivity index (χ1n) is 13.6. The highest BCUT2D eigenvalue weighted by Gasteiger charge is 2.55. The van der Waals surface area contributed by atoms with E-state index in [1.807, 2.05) is 6.07 Å². The van der Waals surface area contributed by atoms with E-state index in [4.69, 9.17) is 0 Å². The second-order valence-corrected chi connectivity index (χ2v) is 13.4. The summed E-state index contributed by atoms with van der Waals surface area (Å²) in [5, 5.41) is 6.60. The number of nitrogens with one attached hydrogen (secondary N) is 2. The zero-order valence-electron chi connectivity index (χ0n) is 20.0. The first kappa shape index (κ1) is 20.5. The van der Waals surface area contributed by atoms with Crippen molar-refractivity contribution in [1.29, 1.82) is 0 Å². The summed E-state index contributed by atoms with van der Waals surface area (Å²) in [7, 11) is 0. The van der Waals surface area contributed by atoms with Crippen LogP contribution >= 0.6 is 0 Å². The van der Waals surface area contributed by atoms with E-state index in [2.05, 4.69) is 29.7 Å². The van der Waals surface area contributed by atoms with Crippen molar-refractivity contribution in [3.05, 3.63) is 23.8 Å². The summed E-state index contributed by atoms with van der Waals surface area (Å²) in [4.78, 5) is 27.1. The number of rotatable bonds is 4. The van der Waals surface area contributed by atoms with Crippen LogP contribution in [-0.2, 0) is 9.59 Å². The molecule has 0 spiro atoms. The molecular formula is C29H38N2O2. The molecule has 1 aromatic carbocycles. The highest BCUT2D eigenvalue weighted by atomic mass is 16.2. The monoisotopic (exact) mass is 446 g/mol. The molecule has 2 amide bonds. The second-order valence-electron chi connectivity index (χ2n) is 13.4. The lowest BCUT2D eigenvalue weighted by molar-refractivity contribution is -0.140. The maximum absolute atomic E-state index is 13.5. The minimum absolute atomic E-state index is 0.152. The van der Waals surface area contributed by atoms with Gasteiger partial charge in [-0.1, -0.05) is 0 Å². The van der Waals surface area contributed by atoms with Gasteiger partial charge in [-0.3, -0.25) is 9.59 Å². The summed E-state index contributed by atoms with van der Waals surface area (Å²) in [6.45, 7) is 2.06. The smallest absolute Gasteiger partial charge is 0.230 e. The van der Waals surface area contributed by atoms with Crippen molar-refractivity contribution in [2.45, 2.75) is 84.0 Å². The number of carbonyl (C=O) groups excluding carboxylic acids is 2. The molecule has 0 saturated heterocycles. The molecule has 9 rings (SSSR count). The van der Waals surface area contributed by atoms with Crippen LogP contribution in [-0.4, -0.2) is 11.8 Å². The van der Waals surface area contributed by atoms with Crippen molar-refractivity contribution in [2.24, 2.45) is 46.3 Å². The van der Waals surface area contributed by atoms with Crippen LogP contribution in [0.15, 0.2) is 18.2 Å². The fourth-order valence-electron chi connectivity index (χ4n) is 10.2. The van der Waals surface area contributed by atoms with Gasteiger partial charge in [-0.15, -0.1) is 0 Å². The second kappa shape index (κ2) is 7.09. The van der Waals surface area contributed by atoms with Crippen molar-refractivity contribution in [2.75, 3.05) is 10.6 Å². The Balaban J connectivity index is 1.09. The van der Waals surface area contributed by atoms with E-state index >= 15 is 0 Å². The maximum atomic E-state index is 13.5. The molecule has 8 fully saturated rings. The molecular weight excluding hydrogens is 408 g/mol. The summed E-state index contributed by atoms with van der Waals surface area (Å²) in [5.74, 6) is 5.01. The molecule has 0 radical (unpaired) electrons. The van der Waals surface area contributed by atoms with Gasteiger partial charge in [-0.25, -0.2) is 0 Å². The summed E-state index contributed by atoms with van der Waals surface area (Å²) in [6.07, 6.45) is 14.5. The SMILES string of the molecule is Cc1cc(NC(=O)C23CC4CC(CC(C4)C2)C3)cc(NC(=O)C23CC4CC(CC(C4)C2)C3)c1. The average Bonchev–Trinajstić information content (AvgIpc) is 2.71. The zero-order valence-corrected chi connectivity index (χ0v) is 20.0. The topological polar surface area (TPSA) is 58.2 Å². The highest BCUT2D eigenvalue weighted by molar-refractivity contribution is 5.98. The number of benzene rings is 1. The quantitative estimate of drug-likeness (QED) is 0.570. The van der Waals surface area contributed by atoms with E-state index < -0.39 is 0 Å². The van der Waals surface area contributed by atoms with Crippen LogP contribution in [0.1, 0.15) is 82.6 Å². The lowest BCUT2D eigenvalue weighted by Gasteiger charge is -2.55. The Hall–Kier alpha value is -1.84. The molecule has 8 bridgehead atoms. The number of hydrogen-bond donors (Lipinski definition) is 2. The minimum Gasteiger partial charge on any atom is -0.326 e. The fourth-order valence-corrected chi connectivity index (χ4v) is 10.2. The molecule has 0 heterocycles. The van der Waals surface area contributed by atoms with Gasteiger partial charge in [0.05, 0.1) is 10.8 Å². The van der Waals surface area contributed by atoms with E-state index in [0.29, 0.717) is 0 Å². The fraction of sp³-hybridized carbons (Fsp3) is 0.724. The number of carbonyl (C=O) groups is 2. The van der Waals surface area contributed by atoms with Crippen molar-refractivity contribution >= 4 is 23.2 Å². The van der Waals surface area contributed by atoms with E-state index in [1.165, 1.54) is 38.5 Å². The number of anilines is 2. The van der Waals surface area contributed by atoms with E-state index in [-0.39, 0.29) is 22.6 Å². The van der Waals surface area contributed by atoms with Crippen molar-refractivity contribution < 1.29 is 9.59 Å². The zero-order chi connectivity index (χ0) is 22.4. The van der Waals surface area contributed by atoms with Crippen molar-refractivity contribution in [3.8, 4) is 0 Å². The van der Waals surface area contributed by atoms with E-state index in [1.54, 1.807) is 0 Å². The van der Waals surface area contributed by atoms with Gasteiger partial charge >= 0.3 is 0 Å². The molecule has 1 aromatic rings. The summed E-state index contributed by atoms with van der Waals surface area (Å²) in [5.41, 5.74) is 2.47. The number of aryl methyl sites for hydroxylation is 1. The van der Waals surface area contributed by atoms with Gasteiger partial charge in [-0.05, 0) is 143 Å². The molecule has 4 heteroatoms. The van der Waals surface area contributed by atoms with Gasteiger partial charge in [0.15, 0.2) is 0 Å². The van der Waals surface area contributed by atoms with Crippen molar-refractivity contribution in [1.82, 2.24) is 0 Å². The molecule has 2 N–H and O–H groups in total. The predicted molar refractivity (Wildman–Crippen MR) is 130 cm³/mol. The first-order valence-corrected chi connectivity index (χ1v) is 13.6. The molecule has 0 atom stereocenters. The van der Waals surface area contributed by atoms with Crippen molar-refractivity contribution in [3.63, 3.8) is 0 Å². The molecule has 8 aliphatic carbocycles. The Kier molecular flexibility index (Phi) is 4.41. The summed E-state index contributed by atoms with van der Waals surface area (Å²) in [6, 6.07) is 6.10. The van der Waals surface area contributed by atoms with E-state index in [0.717, 1.165) is 91.0 Å². The lowest BCUT2D eigenvalue weighted by Crippen LogP contribution is -2.52. The standard InChI is InChI=1S/C29H38N2O2/c1-17-2-24(30-26(32)28-11-18-4-19(12-28)6-20(5-18)13-28)10-25(3-17)31-27(33)29-14-21-7-22(15-29)9-23(8-21)16-29/h2-3,10,18-23H,4-9,11-16H2,1H3,(H,30,32)(H,31,33). The Morgan fingerprint density at radius 3 is 1.21 bits per heavy atom. The molecule has 176 valence electrons. The Bertz CT molecular complexity index is 864. The molecule has 0 aromatic heterocycles. The largest absolute Gasteiger partial charge is 0.326 e. The molecule has 33 heavy (non-hydrogen) atoms. The van der Waals surface area contributed by atoms with Crippen LogP contribution in [0.2, 0.25) is 0 Å². The molecule has 8 saturated carbocycles. The first-order chi connectivity index (χ1) is 15.9. The van der Waals surface area contributed by atoms with Gasteiger partial charge in [0.25, 0.3) is 0 Å². The summed E-state index contributed by atoms with van der Waals surface area (Å²) >= 11 is 0. The highest BCUT2D eigenvalue weighted by Crippen LogP contribution is 2.61. The van der Waals surface area contributed by atoms with Gasteiger partial charge in [0.1, 0.15) is 0 Å². The molecule has 4 nitrogen and oxygen atoms in total. The Morgan fingerprint density at radius 1 is 0.606 bits per heavy atom. The van der Waals surface area contributed by atoms with Crippen LogP contribution in [0, 0.1) is 53.3 Å². The lowest BCUT2D eigenvalue weighted by atomic mass is 9.49. The maximum Gasteiger partial charge on any atom is 0.230 e. The van der Waals surface area contributed by atoms with Crippen LogP contribution in [0.3, 0.4) is 0 Å². The molecule has 0 unspecified atom stereocenters. The molecule has 0 aliphatic heterocycles.